The minimum atomic E-state index is -0.494. The van der Waals surface area contributed by atoms with Crippen LogP contribution in [0.1, 0.15) is 5.82 Å². The van der Waals surface area contributed by atoms with E-state index in [1.54, 1.807) is 4.40 Å². The number of ether oxygens (including phenoxy) is 1. The predicted molar refractivity (Wildman–Crippen MR) is 59.9 cm³/mol. The van der Waals surface area contributed by atoms with Crippen molar-refractivity contribution in [1.29, 1.82) is 0 Å². The third kappa shape index (κ3) is 2.13. The van der Waals surface area contributed by atoms with Gasteiger partial charge in [-0.3, -0.25) is 4.40 Å². The van der Waals surface area contributed by atoms with Crippen molar-refractivity contribution in [2.45, 2.75) is 6.61 Å². The molecule has 0 atom stereocenters. The second kappa shape index (κ2) is 4.48. The van der Waals surface area contributed by atoms with Crippen molar-refractivity contribution in [3.8, 4) is 0 Å². The number of hydrogen-bond donors (Lipinski definition) is 1. The van der Waals surface area contributed by atoms with Crippen molar-refractivity contribution >= 4 is 27.7 Å². The molecule has 2 aromatic heterocycles. The summed E-state index contributed by atoms with van der Waals surface area (Å²) in [5.41, 5.74) is 0.707. The highest BCUT2D eigenvalue weighted by Crippen LogP contribution is 2.12. The molecule has 0 bridgehead atoms. The van der Waals surface area contributed by atoms with E-state index in [2.05, 4.69) is 31.4 Å². The average Bonchev–Trinajstić information content (AvgIpc) is 2.68. The van der Waals surface area contributed by atoms with Crippen LogP contribution in [-0.4, -0.2) is 27.7 Å². The average molecular weight is 285 g/mol. The van der Waals surface area contributed by atoms with Gasteiger partial charge in [-0.05, 0) is 28.1 Å². The van der Waals surface area contributed by atoms with E-state index in [0.717, 1.165) is 4.47 Å². The Morgan fingerprint density at radius 2 is 2.38 bits per heavy atom. The summed E-state index contributed by atoms with van der Waals surface area (Å²) in [6.45, 7) is 0.0806. The van der Waals surface area contributed by atoms with E-state index in [1.807, 2.05) is 18.3 Å². The van der Waals surface area contributed by atoms with E-state index < -0.39 is 6.09 Å². The molecule has 2 aromatic rings. The monoisotopic (exact) mass is 284 g/mol. The molecule has 0 radical (unpaired) electrons. The molecule has 0 aliphatic rings. The number of nitrogens with one attached hydrogen (secondary N) is 1. The third-order valence-electron chi connectivity index (χ3n) is 1.97. The summed E-state index contributed by atoms with van der Waals surface area (Å²) in [6, 6.07) is 3.69. The van der Waals surface area contributed by atoms with Crippen LogP contribution >= 0.6 is 15.9 Å². The van der Waals surface area contributed by atoms with Crippen LogP contribution in [0.15, 0.2) is 22.8 Å². The Morgan fingerprint density at radius 1 is 1.56 bits per heavy atom. The number of rotatable bonds is 2. The minimum absolute atomic E-state index is 0.0806. The van der Waals surface area contributed by atoms with E-state index in [9.17, 15) is 4.79 Å². The fourth-order valence-corrected chi connectivity index (χ4v) is 1.55. The first-order valence-corrected chi connectivity index (χ1v) is 5.33. The number of alkyl carbamates (subject to hydrolysis) is 1. The molecule has 0 aromatic carbocycles. The van der Waals surface area contributed by atoms with Crippen LogP contribution in [0.3, 0.4) is 0 Å². The lowest BCUT2D eigenvalue weighted by atomic mass is 10.5. The van der Waals surface area contributed by atoms with Crippen LogP contribution in [0.2, 0.25) is 0 Å². The Hall–Kier alpha value is -1.63. The van der Waals surface area contributed by atoms with E-state index >= 15 is 0 Å². The lowest BCUT2D eigenvalue weighted by Crippen LogP contribution is -2.19. The number of carbonyl (C=O) groups is 1. The Kier molecular flexibility index (Phi) is 3.04. The van der Waals surface area contributed by atoms with Gasteiger partial charge in [0.25, 0.3) is 0 Å². The second-order valence-corrected chi connectivity index (χ2v) is 3.93. The maximum Gasteiger partial charge on any atom is 0.407 e. The van der Waals surface area contributed by atoms with Gasteiger partial charge in [-0.15, -0.1) is 10.2 Å². The molecule has 0 spiro atoms. The summed E-state index contributed by atoms with van der Waals surface area (Å²) in [7, 11) is 1.50. The highest BCUT2D eigenvalue weighted by molar-refractivity contribution is 9.10. The summed E-state index contributed by atoms with van der Waals surface area (Å²) in [5, 5.41) is 10.2. The molecular weight excluding hydrogens is 276 g/mol. The number of nitrogens with zero attached hydrogens (tertiary/aromatic N) is 3. The molecule has 0 fully saturated rings. The summed E-state index contributed by atoms with van der Waals surface area (Å²) in [4.78, 5) is 10.9. The second-order valence-electron chi connectivity index (χ2n) is 3.02. The fourth-order valence-electron chi connectivity index (χ4n) is 1.21. The quantitative estimate of drug-likeness (QED) is 0.904. The maximum atomic E-state index is 10.9. The topological polar surface area (TPSA) is 68.5 Å². The molecule has 0 saturated heterocycles. The molecule has 0 aliphatic carbocycles. The number of aromatic nitrogens is 3. The minimum Gasteiger partial charge on any atom is -0.441 e. The van der Waals surface area contributed by atoms with E-state index in [4.69, 9.17) is 4.74 Å². The van der Waals surface area contributed by atoms with Crippen LogP contribution in [0, 0.1) is 0 Å². The van der Waals surface area contributed by atoms with Crippen molar-refractivity contribution in [3.63, 3.8) is 0 Å². The number of carbonyl (C=O) groups excluding carboxylic acids is 1. The number of halogens is 1. The van der Waals surface area contributed by atoms with Crippen molar-refractivity contribution in [2.75, 3.05) is 7.05 Å². The normalized spacial score (nSPS) is 10.4. The Balaban J connectivity index is 2.24. The van der Waals surface area contributed by atoms with Crippen molar-refractivity contribution in [1.82, 2.24) is 19.9 Å². The van der Waals surface area contributed by atoms with E-state index in [0.29, 0.717) is 11.5 Å². The molecule has 1 amide bonds. The summed E-state index contributed by atoms with van der Waals surface area (Å²) >= 11 is 3.35. The van der Waals surface area contributed by atoms with Crippen molar-refractivity contribution < 1.29 is 9.53 Å². The fraction of sp³-hybridized carbons (Fsp3) is 0.222. The predicted octanol–water partition coefficient (Wildman–Crippen LogP) is 1.35. The van der Waals surface area contributed by atoms with Gasteiger partial charge in [0.15, 0.2) is 18.1 Å². The molecule has 6 nitrogen and oxygen atoms in total. The molecule has 0 aliphatic heterocycles. The first-order chi connectivity index (χ1) is 7.70. The van der Waals surface area contributed by atoms with Crippen LogP contribution in [0.25, 0.3) is 5.65 Å². The number of pyridine rings is 1. The highest BCUT2D eigenvalue weighted by Gasteiger charge is 2.07. The number of hydrogen-bond acceptors (Lipinski definition) is 4. The zero-order chi connectivity index (χ0) is 11.5. The standard InChI is InChI=1S/C9H9BrN4O2/c1-11-9(15)16-5-8-13-12-7-3-2-6(10)4-14(7)8/h2-4H,5H2,1H3,(H,11,15). The number of fused-ring (bicyclic) bond motifs is 1. The Bertz CT molecular complexity index is 525. The molecule has 84 valence electrons. The van der Waals surface area contributed by atoms with Gasteiger partial charge in [0.2, 0.25) is 0 Å². The molecule has 7 heteroatoms. The van der Waals surface area contributed by atoms with Gasteiger partial charge in [0.1, 0.15) is 0 Å². The van der Waals surface area contributed by atoms with Gasteiger partial charge in [0, 0.05) is 17.7 Å². The zero-order valence-electron chi connectivity index (χ0n) is 8.48. The molecule has 2 rings (SSSR count). The molecular formula is C9H9BrN4O2. The maximum absolute atomic E-state index is 10.9. The number of amides is 1. The zero-order valence-corrected chi connectivity index (χ0v) is 10.1. The van der Waals surface area contributed by atoms with Gasteiger partial charge in [-0.25, -0.2) is 4.79 Å². The molecule has 16 heavy (non-hydrogen) atoms. The van der Waals surface area contributed by atoms with E-state index in [1.165, 1.54) is 7.05 Å². The molecule has 0 saturated carbocycles. The first-order valence-electron chi connectivity index (χ1n) is 4.54. The molecule has 2 heterocycles. The Labute approximate surface area is 99.7 Å². The smallest absolute Gasteiger partial charge is 0.407 e. The van der Waals surface area contributed by atoms with Crippen LogP contribution in [0.4, 0.5) is 4.79 Å². The van der Waals surface area contributed by atoms with E-state index in [-0.39, 0.29) is 6.61 Å². The van der Waals surface area contributed by atoms with Crippen LogP contribution in [-0.2, 0) is 11.3 Å². The SMILES string of the molecule is CNC(=O)OCc1nnc2ccc(Br)cn12. The summed E-state index contributed by atoms with van der Waals surface area (Å²) < 4.78 is 7.56. The van der Waals surface area contributed by atoms with Gasteiger partial charge in [-0.2, -0.15) is 0 Å². The highest BCUT2D eigenvalue weighted by atomic mass is 79.9. The third-order valence-corrected chi connectivity index (χ3v) is 2.44. The Morgan fingerprint density at radius 3 is 3.12 bits per heavy atom. The lowest BCUT2D eigenvalue weighted by Gasteiger charge is -2.02. The summed E-state index contributed by atoms with van der Waals surface area (Å²) in [6.07, 6.45) is 1.32. The summed E-state index contributed by atoms with van der Waals surface area (Å²) in [5.74, 6) is 0.569. The van der Waals surface area contributed by atoms with Gasteiger partial charge >= 0.3 is 6.09 Å². The van der Waals surface area contributed by atoms with Crippen LogP contribution < -0.4 is 5.32 Å². The largest absolute Gasteiger partial charge is 0.441 e. The molecule has 0 unspecified atom stereocenters. The van der Waals surface area contributed by atoms with Gasteiger partial charge in [-0.1, -0.05) is 0 Å². The van der Waals surface area contributed by atoms with Crippen molar-refractivity contribution in [2.24, 2.45) is 0 Å². The van der Waals surface area contributed by atoms with Crippen molar-refractivity contribution in [3.05, 3.63) is 28.6 Å². The lowest BCUT2D eigenvalue weighted by molar-refractivity contribution is 0.138. The van der Waals surface area contributed by atoms with Gasteiger partial charge in [0.05, 0.1) is 0 Å². The van der Waals surface area contributed by atoms with Gasteiger partial charge < -0.3 is 10.1 Å². The first kappa shape index (κ1) is 10.9. The molecule has 1 N–H and O–H groups in total. The van der Waals surface area contributed by atoms with Crippen LogP contribution in [0.5, 0.6) is 0 Å².